The van der Waals surface area contributed by atoms with Crippen molar-refractivity contribution in [2.75, 3.05) is 0 Å². The lowest BCUT2D eigenvalue weighted by Crippen LogP contribution is -2.52. The molecule has 0 bridgehead atoms. The van der Waals surface area contributed by atoms with Gasteiger partial charge in [0.05, 0.1) is 6.42 Å². The molecule has 0 aromatic heterocycles. The van der Waals surface area contributed by atoms with Gasteiger partial charge in [-0.3, -0.25) is 14.4 Å². The van der Waals surface area contributed by atoms with Crippen LogP contribution in [-0.4, -0.2) is 40.9 Å². The van der Waals surface area contributed by atoms with Gasteiger partial charge in [-0.2, -0.15) is 0 Å². The minimum Gasteiger partial charge on any atom is -0.480 e. The van der Waals surface area contributed by atoms with Crippen LogP contribution in [0.2, 0.25) is 0 Å². The van der Waals surface area contributed by atoms with Crippen molar-refractivity contribution in [1.29, 1.82) is 0 Å². The summed E-state index contributed by atoms with van der Waals surface area (Å²) in [5.41, 5.74) is 1.55. The summed E-state index contributed by atoms with van der Waals surface area (Å²) >= 11 is 0. The van der Waals surface area contributed by atoms with E-state index in [9.17, 15) is 24.3 Å². The molecule has 0 unspecified atom stereocenters. The topological polar surface area (TPSA) is 122 Å². The third-order valence-electron chi connectivity index (χ3n) is 4.20. The van der Waals surface area contributed by atoms with Crippen molar-refractivity contribution >= 4 is 23.8 Å². The SMILES string of the molecule is CC(=O)N[C@H](Cc1ccccc1)C(=O)N[C@@H](CC(=O)OCc1ccccc1)C(=O)O. The Morgan fingerprint density at radius 1 is 0.867 bits per heavy atom. The Hall–Kier alpha value is -3.68. The molecule has 158 valence electrons. The lowest BCUT2D eigenvalue weighted by molar-refractivity contribution is -0.151. The van der Waals surface area contributed by atoms with Gasteiger partial charge in [0, 0.05) is 13.3 Å². The largest absolute Gasteiger partial charge is 0.480 e. The smallest absolute Gasteiger partial charge is 0.326 e. The molecule has 2 atom stereocenters. The van der Waals surface area contributed by atoms with Crippen LogP contribution >= 0.6 is 0 Å². The minimum atomic E-state index is -1.48. The van der Waals surface area contributed by atoms with E-state index in [1.165, 1.54) is 6.92 Å². The molecule has 0 aliphatic carbocycles. The molecule has 3 N–H and O–H groups in total. The van der Waals surface area contributed by atoms with Crippen LogP contribution in [0.15, 0.2) is 60.7 Å². The van der Waals surface area contributed by atoms with Crippen molar-refractivity contribution in [1.82, 2.24) is 10.6 Å². The van der Waals surface area contributed by atoms with Crippen molar-refractivity contribution < 1.29 is 29.0 Å². The summed E-state index contributed by atoms with van der Waals surface area (Å²) in [5, 5.41) is 14.2. The van der Waals surface area contributed by atoms with Crippen LogP contribution in [0.4, 0.5) is 0 Å². The normalized spacial score (nSPS) is 12.3. The third-order valence-corrected chi connectivity index (χ3v) is 4.20. The van der Waals surface area contributed by atoms with E-state index in [0.29, 0.717) is 0 Å². The highest BCUT2D eigenvalue weighted by Gasteiger charge is 2.28. The van der Waals surface area contributed by atoms with Gasteiger partial charge in [0.2, 0.25) is 11.8 Å². The zero-order valence-electron chi connectivity index (χ0n) is 16.5. The number of rotatable bonds is 10. The van der Waals surface area contributed by atoms with Gasteiger partial charge >= 0.3 is 11.9 Å². The standard InChI is InChI=1S/C22H24N2O6/c1-15(25)23-18(12-16-8-4-2-5-9-16)21(27)24-19(22(28)29)13-20(26)30-14-17-10-6-3-7-11-17/h2-11,18-19H,12-14H2,1H3,(H,23,25)(H,24,27)(H,28,29)/t18-,19+/m1/s1. The molecule has 0 heterocycles. The van der Waals surface area contributed by atoms with Gasteiger partial charge in [0.15, 0.2) is 0 Å². The van der Waals surface area contributed by atoms with Gasteiger partial charge in [-0.1, -0.05) is 60.7 Å². The van der Waals surface area contributed by atoms with Crippen molar-refractivity contribution in [3.63, 3.8) is 0 Å². The first kappa shape index (κ1) is 22.6. The second-order valence-electron chi connectivity index (χ2n) is 6.69. The second kappa shape index (κ2) is 11.4. The predicted octanol–water partition coefficient (Wildman–Crippen LogP) is 1.44. The molecule has 0 spiro atoms. The Morgan fingerprint density at radius 3 is 1.97 bits per heavy atom. The number of ether oxygens (including phenoxy) is 1. The van der Waals surface area contributed by atoms with Crippen molar-refractivity contribution in [2.24, 2.45) is 0 Å². The van der Waals surface area contributed by atoms with Gasteiger partial charge in [0.1, 0.15) is 18.7 Å². The predicted molar refractivity (Wildman–Crippen MR) is 108 cm³/mol. The molecule has 0 aliphatic heterocycles. The maximum atomic E-state index is 12.6. The van der Waals surface area contributed by atoms with E-state index in [4.69, 9.17) is 4.74 Å². The monoisotopic (exact) mass is 412 g/mol. The Balaban J connectivity index is 1.98. The third kappa shape index (κ3) is 7.75. The number of carbonyl (C=O) groups is 4. The van der Waals surface area contributed by atoms with E-state index in [1.54, 1.807) is 48.5 Å². The fourth-order valence-electron chi connectivity index (χ4n) is 2.74. The van der Waals surface area contributed by atoms with Crippen LogP contribution in [0.3, 0.4) is 0 Å². The number of carboxylic acids is 1. The van der Waals surface area contributed by atoms with E-state index in [1.807, 2.05) is 12.1 Å². The highest BCUT2D eigenvalue weighted by Crippen LogP contribution is 2.06. The Morgan fingerprint density at radius 2 is 1.43 bits per heavy atom. The van der Waals surface area contributed by atoms with Crippen LogP contribution in [0.25, 0.3) is 0 Å². The first-order valence-corrected chi connectivity index (χ1v) is 9.39. The van der Waals surface area contributed by atoms with Crippen molar-refractivity contribution in [3.05, 3.63) is 71.8 Å². The van der Waals surface area contributed by atoms with Crippen molar-refractivity contribution in [2.45, 2.75) is 38.5 Å². The van der Waals surface area contributed by atoms with Crippen LogP contribution in [0.5, 0.6) is 0 Å². The summed E-state index contributed by atoms with van der Waals surface area (Å²) in [4.78, 5) is 47.7. The van der Waals surface area contributed by atoms with Crippen LogP contribution < -0.4 is 10.6 Å². The summed E-state index contributed by atoms with van der Waals surface area (Å²) in [6, 6.07) is 15.5. The van der Waals surface area contributed by atoms with Crippen LogP contribution in [0.1, 0.15) is 24.5 Å². The average molecular weight is 412 g/mol. The summed E-state index contributed by atoms with van der Waals surface area (Å²) in [6.45, 7) is 1.27. The highest BCUT2D eigenvalue weighted by atomic mass is 16.5. The number of amides is 2. The summed E-state index contributed by atoms with van der Waals surface area (Å²) in [5.74, 6) is -3.26. The molecule has 0 radical (unpaired) electrons. The molecule has 0 fully saturated rings. The van der Waals surface area contributed by atoms with Gasteiger partial charge in [-0.05, 0) is 11.1 Å². The van der Waals surface area contributed by atoms with E-state index < -0.39 is 42.3 Å². The first-order chi connectivity index (χ1) is 14.3. The first-order valence-electron chi connectivity index (χ1n) is 9.39. The fourth-order valence-corrected chi connectivity index (χ4v) is 2.74. The molecule has 30 heavy (non-hydrogen) atoms. The van der Waals surface area contributed by atoms with E-state index >= 15 is 0 Å². The van der Waals surface area contributed by atoms with E-state index in [2.05, 4.69) is 10.6 Å². The maximum Gasteiger partial charge on any atom is 0.326 e. The average Bonchev–Trinajstić information content (AvgIpc) is 2.72. The molecule has 2 amide bonds. The number of hydrogen-bond acceptors (Lipinski definition) is 5. The van der Waals surface area contributed by atoms with Gasteiger partial charge < -0.3 is 20.5 Å². The summed E-state index contributed by atoms with van der Waals surface area (Å²) in [7, 11) is 0. The maximum absolute atomic E-state index is 12.6. The number of nitrogens with one attached hydrogen (secondary N) is 2. The second-order valence-corrected chi connectivity index (χ2v) is 6.69. The number of aliphatic carboxylic acids is 1. The quantitative estimate of drug-likeness (QED) is 0.508. The molecular weight excluding hydrogens is 388 g/mol. The molecule has 0 aliphatic rings. The molecule has 2 aromatic carbocycles. The zero-order valence-corrected chi connectivity index (χ0v) is 16.5. The summed E-state index contributed by atoms with van der Waals surface area (Å²) in [6.07, 6.45) is -0.358. The molecule has 0 saturated heterocycles. The number of esters is 1. The Labute approximate surface area is 174 Å². The molecule has 2 aromatic rings. The number of carboxylic acid groups (broad SMARTS) is 1. The molecule has 8 nitrogen and oxygen atoms in total. The fraction of sp³-hybridized carbons (Fsp3) is 0.273. The molecule has 8 heteroatoms. The number of hydrogen-bond donors (Lipinski definition) is 3. The lowest BCUT2D eigenvalue weighted by atomic mass is 10.0. The highest BCUT2D eigenvalue weighted by molar-refractivity contribution is 5.91. The van der Waals surface area contributed by atoms with Gasteiger partial charge in [-0.15, -0.1) is 0 Å². The Bertz CT molecular complexity index is 870. The van der Waals surface area contributed by atoms with E-state index in [0.717, 1.165) is 11.1 Å². The summed E-state index contributed by atoms with van der Waals surface area (Å²) < 4.78 is 5.09. The number of carbonyl (C=O) groups excluding carboxylic acids is 3. The number of benzene rings is 2. The van der Waals surface area contributed by atoms with Crippen LogP contribution in [-0.2, 0) is 36.9 Å². The Kier molecular flexibility index (Phi) is 8.56. The van der Waals surface area contributed by atoms with Gasteiger partial charge in [0.25, 0.3) is 0 Å². The molecular formula is C22H24N2O6. The lowest BCUT2D eigenvalue weighted by Gasteiger charge is -2.21. The van der Waals surface area contributed by atoms with Crippen LogP contribution in [0, 0.1) is 0 Å². The van der Waals surface area contributed by atoms with E-state index in [-0.39, 0.29) is 13.0 Å². The molecule has 2 rings (SSSR count). The van der Waals surface area contributed by atoms with Gasteiger partial charge in [-0.25, -0.2) is 4.79 Å². The zero-order chi connectivity index (χ0) is 21.9. The minimum absolute atomic E-state index is 0.00246. The molecule has 0 saturated carbocycles. The van der Waals surface area contributed by atoms with Crippen molar-refractivity contribution in [3.8, 4) is 0 Å².